The zero-order valence-electron chi connectivity index (χ0n) is 10.4. The molecule has 0 radical (unpaired) electrons. The summed E-state index contributed by atoms with van der Waals surface area (Å²) in [7, 11) is 0. The summed E-state index contributed by atoms with van der Waals surface area (Å²) in [6.07, 6.45) is 0. The van der Waals surface area contributed by atoms with Crippen LogP contribution in [0, 0.1) is 0 Å². The lowest BCUT2D eigenvalue weighted by atomic mass is 10.2. The van der Waals surface area contributed by atoms with E-state index in [-0.39, 0.29) is 11.7 Å². The number of benzene rings is 2. The Balaban J connectivity index is 2.07. The van der Waals surface area contributed by atoms with Crippen LogP contribution in [-0.2, 0) is 0 Å². The normalized spacial score (nSPS) is 10.5. The third-order valence-corrected chi connectivity index (χ3v) is 3.75. The predicted molar refractivity (Wildman–Crippen MR) is 80.2 cm³/mol. The van der Waals surface area contributed by atoms with Gasteiger partial charge in [-0.15, -0.1) is 0 Å². The van der Waals surface area contributed by atoms with Crippen molar-refractivity contribution >= 4 is 39.1 Å². The summed E-state index contributed by atoms with van der Waals surface area (Å²) >= 11 is 9.17. The fourth-order valence-corrected chi connectivity index (χ4v) is 1.99. The quantitative estimate of drug-likeness (QED) is 0.819. The van der Waals surface area contributed by atoms with Crippen LogP contribution >= 0.6 is 27.5 Å². The lowest BCUT2D eigenvalue weighted by molar-refractivity contribution is -0.0498. The molecular formula is C14H9BrClF2NO2. The van der Waals surface area contributed by atoms with Crippen LogP contribution in [0.15, 0.2) is 46.9 Å². The smallest absolute Gasteiger partial charge is 0.387 e. The maximum absolute atomic E-state index is 12.0. The van der Waals surface area contributed by atoms with Crippen LogP contribution in [0.1, 0.15) is 10.4 Å². The van der Waals surface area contributed by atoms with Gasteiger partial charge in [0, 0.05) is 15.7 Å². The highest BCUT2D eigenvalue weighted by atomic mass is 79.9. The van der Waals surface area contributed by atoms with Gasteiger partial charge in [-0.1, -0.05) is 11.6 Å². The Morgan fingerprint density at radius 1 is 1.19 bits per heavy atom. The van der Waals surface area contributed by atoms with E-state index in [2.05, 4.69) is 26.0 Å². The van der Waals surface area contributed by atoms with Gasteiger partial charge in [-0.3, -0.25) is 4.79 Å². The number of alkyl halides is 2. The molecule has 21 heavy (non-hydrogen) atoms. The zero-order chi connectivity index (χ0) is 15.4. The maximum Gasteiger partial charge on any atom is 0.387 e. The lowest BCUT2D eigenvalue weighted by Crippen LogP contribution is -2.12. The molecule has 0 spiro atoms. The molecule has 1 amide bonds. The molecule has 0 aromatic heterocycles. The average molecular weight is 377 g/mol. The molecule has 0 aliphatic heterocycles. The third kappa shape index (κ3) is 4.41. The van der Waals surface area contributed by atoms with Crippen molar-refractivity contribution in [2.24, 2.45) is 0 Å². The summed E-state index contributed by atoms with van der Waals surface area (Å²) in [5, 5.41) is 3.12. The molecule has 0 fully saturated rings. The van der Waals surface area contributed by atoms with Crippen molar-refractivity contribution < 1.29 is 18.3 Å². The van der Waals surface area contributed by atoms with E-state index >= 15 is 0 Å². The highest BCUT2D eigenvalue weighted by Gasteiger charge is 2.09. The molecule has 0 bridgehead atoms. The van der Waals surface area contributed by atoms with E-state index in [9.17, 15) is 13.6 Å². The lowest BCUT2D eigenvalue weighted by Gasteiger charge is -2.08. The van der Waals surface area contributed by atoms with Gasteiger partial charge < -0.3 is 10.1 Å². The first-order valence-electron chi connectivity index (χ1n) is 5.77. The molecule has 0 unspecified atom stereocenters. The molecule has 0 saturated heterocycles. The van der Waals surface area contributed by atoms with Crippen LogP contribution in [0.3, 0.4) is 0 Å². The molecule has 0 saturated carbocycles. The minimum atomic E-state index is -2.89. The Bertz CT molecular complexity index is 650. The van der Waals surface area contributed by atoms with Gasteiger partial charge in [-0.25, -0.2) is 0 Å². The second kappa shape index (κ2) is 6.87. The highest BCUT2D eigenvalue weighted by molar-refractivity contribution is 9.10. The van der Waals surface area contributed by atoms with Gasteiger partial charge in [0.15, 0.2) is 0 Å². The van der Waals surface area contributed by atoms with E-state index in [0.717, 1.165) is 4.47 Å². The van der Waals surface area contributed by atoms with Crippen LogP contribution in [0.2, 0.25) is 5.02 Å². The summed E-state index contributed by atoms with van der Waals surface area (Å²) in [5.41, 5.74) is 0.844. The largest absolute Gasteiger partial charge is 0.435 e. The number of carbonyl (C=O) groups excluding carboxylic acids is 1. The number of hydrogen-bond donors (Lipinski definition) is 1. The zero-order valence-corrected chi connectivity index (χ0v) is 12.8. The van der Waals surface area contributed by atoms with Crippen molar-refractivity contribution in [1.29, 1.82) is 0 Å². The van der Waals surface area contributed by atoms with Crippen molar-refractivity contribution in [3.8, 4) is 5.75 Å². The Morgan fingerprint density at radius 3 is 2.43 bits per heavy atom. The van der Waals surface area contributed by atoms with Crippen molar-refractivity contribution in [3.05, 3.63) is 57.5 Å². The first kappa shape index (κ1) is 15.7. The maximum atomic E-state index is 12.0. The Hall–Kier alpha value is -1.66. The van der Waals surface area contributed by atoms with Gasteiger partial charge in [-0.2, -0.15) is 8.78 Å². The van der Waals surface area contributed by atoms with Crippen LogP contribution in [0.25, 0.3) is 0 Å². The number of carbonyl (C=O) groups is 1. The first-order chi connectivity index (χ1) is 9.95. The minimum absolute atomic E-state index is 0.00626. The van der Waals surface area contributed by atoms with Crippen LogP contribution in [-0.4, -0.2) is 12.5 Å². The second-order valence-corrected chi connectivity index (χ2v) is 5.25. The van der Waals surface area contributed by atoms with Gasteiger partial charge >= 0.3 is 6.61 Å². The van der Waals surface area contributed by atoms with Gasteiger partial charge in [0.25, 0.3) is 5.91 Å². The van der Waals surface area contributed by atoms with Crippen LogP contribution in [0.5, 0.6) is 5.75 Å². The Morgan fingerprint density at radius 2 is 1.86 bits per heavy atom. The fourth-order valence-electron chi connectivity index (χ4n) is 1.56. The van der Waals surface area contributed by atoms with E-state index in [4.69, 9.17) is 11.6 Å². The summed E-state index contributed by atoms with van der Waals surface area (Å²) in [4.78, 5) is 12.0. The van der Waals surface area contributed by atoms with E-state index in [1.165, 1.54) is 24.3 Å². The molecule has 1 N–H and O–H groups in total. The molecule has 7 heteroatoms. The van der Waals surface area contributed by atoms with Crippen molar-refractivity contribution in [3.63, 3.8) is 0 Å². The molecule has 0 heterocycles. The number of amides is 1. The van der Waals surface area contributed by atoms with Gasteiger partial charge in [0.2, 0.25) is 0 Å². The van der Waals surface area contributed by atoms with Crippen LogP contribution < -0.4 is 10.1 Å². The summed E-state index contributed by atoms with van der Waals surface area (Å²) < 4.78 is 29.0. The SMILES string of the molecule is O=C(Nc1ccc(Br)c(Cl)c1)c1ccc(OC(F)F)cc1. The van der Waals surface area contributed by atoms with Crippen LogP contribution in [0.4, 0.5) is 14.5 Å². The second-order valence-electron chi connectivity index (χ2n) is 3.99. The standard InChI is InChI=1S/C14H9BrClF2NO2/c15-11-6-3-9(7-12(11)16)19-13(20)8-1-4-10(5-2-8)21-14(17)18/h1-7,14H,(H,19,20). The molecular weight excluding hydrogens is 368 g/mol. The van der Waals surface area contributed by atoms with E-state index in [1.807, 2.05) is 0 Å². The van der Waals surface area contributed by atoms with Gasteiger partial charge in [0.1, 0.15) is 5.75 Å². The van der Waals surface area contributed by atoms with E-state index < -0.39 is 6.61 Å². The van der Waals surface area contributed by atoms with Gasteiger partial charge in [0.05, 0.1) is 5.02 Å². The number of ether oxygens (including phenoxy) is 1. The van der Waals surface area contributed by atoms with Gasteiger partial charge in [-0.05, 0) is 58.4 Å². The molecule has 0 aliphatic carbocycles. The monoisotopic (exact) mass is 375 g/mol. The molecule has 2 aromatic rings. The average Bonchev–Trinajstić information content (AvgIpc) is 2.43. The Kier molecular flexibility index (Phi) is 5.14. The molecule has 0 aliphatic rings. The number of nitrogens with one attached hydrogen (secondary N) is 1. The highest BCUT2D eigenvalue weighted by Crippen LogP contribution is 2.26. The summed E-state index contributed by atoms with van der Waals surface area (Å²) in [6, 6.07) is 10.4. The molecule has 2 rings (SSSR count). The third-order valence-electron chi connectivity index (χ3n) is 2.52. The number of rotatable bonds is 4. The first-order valence-corrected chi connectivity index (χ1v) is 6.94. The fraction of sp³-hybridized carbons (Fsp3) is 0.0714. The molecule has 2 aromatic carbocycles. The molecule has 3 nitrogen and oxygen atoms in total. The molecule has 110 valence electrons. The van der Waals surface area contributed by atoms with Crippen molar-refractivity contribution in [2.45, 2.75) is 6.61 Å². The topological polar surface area (TPSA) is 38.3 Å². The van der Waals surface area contributed by atoms with E-state index in [1.54, 1.807) is 18.2 Å². The predicted octanol–water partition coefficient (Wildman–Crippen LogP) is 4.96. The number of halogens is 4. The summed E-state index contributed by atoms with van der Waals surface area (Å²) in [5.74, 6) is -0.384. The number of anilines is 1. The number of hydrogen-bond acceptors (Lipinski definition) is 2. The van der Waals surface area contributed by atoms with Crippen molar-refractivity contribution in [1.82, 2.24) is 0 Å². The Labute approximate surface area is 133 Å². The van der Waals surface area contributed by atoms with Crippen molar-refractivity contribution in [2.75, 3.05) is 5.32 Å². The molecule has 0 atom stereocenters. The summed E-state index contributed by atoms with van der Waals surface area (Å²) in [6.45, 7) is -2.89. The van der Waals surface area contributed by atoms with E-state index in [0.29, 0.717) is 16.3 Å². The minimum Gasteiger partial charge on any atom is -0.435 e.